The van der Waals surface area contributed by atoms with Crippen LogP contribution in [-0.2, 0) is 14.8 Å². The molecule has 1 aliphatic carbocycles. The van der Waals surface area contributed by atoms with E-state index in [4.69, 9.17) is 0 Å². The Hall–Kier alpha value is -0.700. The van der Waals surface area contributed by atoms with E-state index < -0.39 is 21.5 Å². The Kier molecular flexibility index (Phi) is 5.71. The first-order chi connectivity index (χ1) is 10.6. The van der Waals surface area contributed by atoms with Crippen molar-refractivity contribution in [2.24, 2.45) is 5.92 Å². The first kappa shape index (κ1) is 18.6. The Bertz CT molecular complexity index is 529. The molecule has 2 fully saturated rings. The summed E-state index contributed by atoms with van der Waals surface area (Å²) in [6.45, 7) is 2.14. The van der Waals surface area contributed by atoms with E-state index in [2.05, 4.69) is 4.90 Å². The molecule has 0 aromatic rings. The van der Waals surface area contributed by atoms with E-state index >= 15 is 0 Å². The van der Waals surface area contributed by atoms with Gasteiger partial charge in [-0.05, 0) is 12.8 Å². The number of hydrogen-bond acceptors (Lipinski definition) is 5. The molecule has 1 heterocycles. The predicted molar refractivity (Wildman–Crippen MR) is 88.5 cm³/mol. The fourth-order valence-corrected chi connectivity index (χ4v) is 4.49. The van der Waals surface area contributed by atoms with E-state index in [-0.39, 0.29) is 12.5 Å². The Labute approximate surface area is 139 Å². The Morgan fingerprint density at radius 2 is 1.83 bits per heavy atom. The van der Waals surface area contributed by atoms with Gasteiger partial charge in [-0.25, -0.2) is 12.7 Å². The molecule has 23 heavy (non-hydrogen) atoms. The third-order valence-corrected chi connectivity index (χ3v) is 6.15. The third-order valence-electron chi connectivity index (χ3n) is 4.88. The van der Waals surface area contributed by atoms with Gasteiger partial charge in [0.1, 0.15) is 0 Å². The number of sulfonamides is 1. The van der Waals surface area contributed by atoms with Crippen LogP contribution in [0.5, 0.6) is 0 Å². The van der Waals surface area contributed by atoms with Crippen molar-refractivity contribution in [1.29, 1.82) is 0 Å². The number of carbonyl (C=O) groups is 1. The van der Waals surface area contributed by atoms with Gasteiger partial charge in [0.25, 0.3) is 0 Å². The molecule has 2 aliphatic rings. The lowest BCUT2D eigenvalue weighted by atomic mass is 10.0. The molecule has 0 unspecified atom stereocenters. The van der Waals surface area contributed by atoms with Gasteiger partial charge in [0, 0.05) is 46.8 Å². The van der Waals surface area contributed by atoms with Gasteiger partial charge >= 0.3 is 0 Å². The Morgan fingerprint density at radius 1 is 1.22 bits per heavy atom. The first-order valence-corrected chi connectivity index (χ1v) is 10.1. The Balaban J connectivity index is 2.14. The van der Waals surface area contributed by atoms with Gasteiger partial charge in [-0.2, -0.15) is 0 Å². The summed E-state index contributed by atoms with van der Waals surface area (Å²) >= 11 is 0. The zero-order valence-corrected chi connectivity index (χ0v) is 15.2. The van der Waals surface area contributed by atoms with Crippen molar-refractivity contribution in [3.05, 3.63) is 0 Å². The standard InChI is InChI=1S/C15H29N3O4S/c1-16(2)14(19)13-10-17(12-15(20)6-4-5-7-15)8-9-18(11-13)23(3,21)22/h13,20H,4-12H2,1-3H3/t13-/m1/s1. The average molecular weight is 347 g/mol. The lowest BCUT2D eigenvalue weighted by Gasteiger charge is -2.32. The second-order valence-corrected chi connectivity index (χ2v) is 9.20. The van der Waals surface area contributed by atoms with E-state index in [0.717, 1.165) is 25.7 Å². The van der Waals surface area contributed by atoms with Crippen molar-refractivity contribution in [2.45, 2.75) is 31.3 Å². The maximum Gasteiger partial charge on any atom is 0.227 e. The highest BCUT2D eigenvalue weighted by molar-refractivity contribution is 7.88. The highest BCUT2D eigenvalue weighted by Gasteiger charge is 2.37. The van der Waals surface area contributed by atoms with Crippen LogP contribution in [0.1, 0.15) is 25.7 Å². The predicted octanol–water partition coefficient (Wildman–Crippen LogP) is -0.427. The number of nitrogens with zero attached hydrogens (tertiary/aromatic N) is 3. The van der Waals surface area contributed by atoms with Crippen LogP contribution in [0.4, 0.5) is 0 Å². The van der Waals surface area contributed by atoms with Crippen molar-refractivity contribution in [2.75, 3.05) is 53.1 Å². The third kappa shape index (κ3) is 4.89. The van der Waals surface area contributed by atoms with Gasteiger partial charge in [0.2, 0.25) is 15.9 Å². The average Bonchev–Trinajstić information content (AvgIpc) is 2.73. The topological polar surface area (TPSA) is 81.2 Å². The van der Waals surface area contributed by atoms with Crippen LogP contribution < -0.4 is 0 Å². The molecule has 7 nitrogen and oxygen atoms in total. The van der Waals surface area contributed by atoms with E-state index in [1.807, 2.05) is 0 Å². The SMILES string of the molecule is CN(C)C(=O)[C@@H]1CN(CC2(O)CCCC2)CCN(S(C)(=O)=O)C1. The van der Waals surface area contributed by atoms with Crippen LogP contribution in [0.2, 0.25) is 0 Å². The van der Waals surface area contributed by atoms with E-state index in [0.29, 0.717) is 26.2 Å². The maximum atomic E-state index is 12.4. The molecule has 0 aromatic heterocycles. The molecule has 0 bridgehead atoms. The molecule has 8 heteroatoms. The molecule has 134 valence electrons. The molecule has 0 spiro atoms. The van der Waals surface area contributed by atoms with Crippen molar-refractivity contribution in [1.82, 2.24) is 14.1 Å². The molecular weight excluding hydrogens is 318 g/mol. The summed E-state index contributed by atoms with van der Waals surface area (Å²) < 4.78 is 25.2. The van der Waals surface area contributed by atoms with E-state index in [1.165, 1.54) is 15.5 Å². The molecule has 1 saturated carbocycles. The number of rotatable bonds is 4. The van der Waals surface area contributed by atoms with Crippen molar-refractivity contribution in [3.63, 3.8) is 0 Å². The summed E-state index contributed by atoms with van der Waals surface area (Å²) in [4.78, 5) is 16.0. The normalized spacial score (nSPS) is 26.9. The molecule has 2 rings (SSSR count). The molecule has 1 saturated heterocycles. The van der Waals surface area contributed by atoms with E-state index in [9.17, 15) is 18.3 Å². The van der Waals surface area contributed by atoms with Gasteiger partial charge in [-0.15, -0.1) is 0 Å². The molecular formula is C15H29N3O4S. The minimum atomic E-state index is -3.33. The highest BCUT2D eigenvalue weighted by Crippen LogP contribution is 2.30. The highest BCUT2D eigenvalue weighted by atomic mass is 32.2. The summed E-state index contributed by atoms with van der Waals surface area (Å²) in [5.74, 6) is -0.462. The molecule has 1 N–H and O–H groups in total. The number of aliphatic hydroxyl groups is 1. The zero-order valence-electron chi connectivity index (χ0n) is 14.4. The van der Waals surface area contributed by atoms with Crippen LogP contribution in [0.25, 0.3) is 0 Å². The fourth-order valence-electron chi connectivity index (χ4n) is 3.62. The van der Waals surface area contributed by atoms with Crippen molar-refractivity contribution in [3.8, 4) is 0 Å². The van der Waals surface area contributed by atoms with Crippen LogP contribution >= 0.6 is 0 Å². The quantitative estimate of drug-likeness (QED) is 0.747. The number of carbonyl (C=O) groups excluding carboxylic acids is 1. The van der Waals surface area contributed by atoms with Gasteiger partial charge in [0.05, 0.1) is 17.8 Å². The number of β-amino-alcohol motifs (C(OH)–C–C–N with tert-alkyl or cyclic N) is 1. The summed E-state index contributed by atoms with van der Waals surface area (Å²) in [5, 5.41) is 10.6. The summed E-state index contributed by atoms with van der Waals surface area (Å²) in [5.41, 5.74) is -0.689. The molecule has 1 aliphatic heterocycles. The largest absolute Gasteiger partial charge is 0.389 e. The molecule has 0 aromatic carbocycles. The molecule has 0 radical (unpaired) electrons. The minimum Gasteiger partial charge on any atom is -0.389 e. The fraction of sp³-hybridized carbons (Fsp3) is 0.933. The van der Waals surface area contributed by atoms with Crippen molar-refractivity contribution >= 4 is 15.9 Å². The summed E-state index contributed by atoms with van der Waals surface area (Å²) in [6, 6.07) is 0. The lowest BCUT2D eigenvalue weighted by Crippen LogP contribution is -2.45. The van der Waals surface area contributed by atoms with Crippen molar-refractivity contribution < 1.29 is 18.3 Å². The zero-order chi connectivity index (χ0) is 17.3. The van der Waals surface area contributed by atoms with E-state index in [1.54, 1.807) is 14.1 Å². The van der Waals surface area contributed by atoms with Crippen LogP contribution in [0.3, 0.4) is 0 Å². The Morgan fingerprint density at radius 3 is 2.35 bits per heavy atom. The molecule has 1 atom stereocenters. The smallest absolute Gasteiger partial charge is 0.227 e. The second kappa shape index (κ2) is 7.04. The molecule has 1 amide bonds. The van der Waals surface area contributed by atoms with Gasteiger partial charge in [0.15, 0.2) is 0 Å². The van der Waals surface area contributed by atoms with Crippen LogP contribution in [0, 0.1) is 5.92 Å². The summed E-state index contributed by atoms with van der Waals surface area (Å²) in [7, 11) is 0.0409. The summed E-state index contributed by atoms with van der Waals surface area (Å²) in [6.07, 6.45) is 4.81. The minimum absolute atomic E-state index is 0.0658. The van der Waals surface area contributed by atoms with Gasteiger partial charge < -0.3 is 10.0 Å². The van der Waals surface area contributed by atoms with Gasteiger partial charge in [-0.3, -0.25) is 9.69 Å². The maximum absolute atomic E-state index is 12.4. The second-order valence-electron chi connectivity index (χ2n) is 7.22. The number of hydrogen-bond donors (Lipinski definition) is 1. The van der Waals surface area contributed by atoms with Crippen LogP contribution in [0.15, 0.2) is 0 Å². The van der Waals surface area contributed by atoms with Crippen LogP contribution in [-0.4, -0.2) is 92.2 Å². The van der Waals surface area contributed by atoms with Gasteiger partial charge in [-0.1, -0.05) is 12.8 Å². The lowest BCUT2D eigenvalue weighted by molar-refractivity contribution is -0.133. The first-order valence-electron chi connectivity index (χ1n) is 8.22. The monoisotopic (exact) mass is 347 g/mol. The number of amides is 1.